The van der Waals surface area contributed by atoms with E-state index in [0.717, 1.165) is 16.1 Å². The molecule has 0 aliphatic rings. The molecule has 0 unspecified atom stereocenters. The van der Waals surface area contributed by atoms with E-state index in [1.54, 1.807) is 0 Å². The summed E-state index contributed by atoms with van der Waals surface area (Å²) in [5.41, 5.74) is 2.07. The summed E-state index contributed by atoms with van der Waals surface area (Å²) in [4.78, 5) is 10.6. The Labute approximate surface area is 82.9 Å². The fourth-order valence-corrected chi connectivity index (χ4v) is 1.18. The number of aryl methyl sites for hydroxylation is 1. The Morgan fingerprint density at radius 3 is 2.77 bits per heavy atom. The van der Waals surface area contributed by atoms with Gasteiger partial charge < -0.3 is 5.32 Å². The molecule has 0 aromatic heterocycles. The summed E-state index contributed by atoms with van der Waals surface area (Å²) in [6.45, 7) is 3.98. The topological polar surface area (TPSA) is 29.1 Å². The van der Waals surface area contributed by atoms with Crippen molar-refractivity contribution >= 4 is 17.5 Å². The van der Waals surface area contributed by atoms with E-state index in [4.69, 9.17) is 11.6 Å². The Morgan fingerprint density at radius 2 is 2.23 bits per heavy atom. The zero-order chi connectivity index (χ0) is 9.84. The Balaban J connectivity index is 2.68. The first kappa shape index (κ1) is 10.1. The van der Waals surface area contributed by atoms with Crippen molar-refractivity contribution in [2.45, 2.75) is 20.4 Å². The molecule has 0 radical (unpaired) electrons. The molecule has 0 bridgehead atoms. The molecule has 1 rings (SSSR count). The Hall–Kier alpha value is -1.02. The highest BCUT2D eigenvalue weighted by molar-refractivity contribution is 6.31. The fourth-order valence-electron chi connectivity index (χ4n) is 0.973. The van der Waals surface area contributed by atoms with Gasteiger partial charge in [0.25, 0.3) is 0 Å². The van der Waals surface area contributed by atoms with E-state index in [-0.39, 0.29) is 5.91 Å². The second kappa shape index (κ2) is 4.28. The summed E-state index contributed by atoms with van der Waals surface area (Å²) in [6.07, 6.45) is 0. The molecule has 2 nitrogen and oxygen atoms in total. The summed E-state index contributed by atoms with van der Waals surface area (Å²) >= 11 is 5.92. The Kier molecular flexibility index (Phi) is 3.32. The van der Waals surface area contributed by atoms with E-state index in [2.05, 4.69) is 5.32 Å². The molecule has 0 heterocycles. The lowest BCUT2D eigenvalue weighted by molar-refractivity contribution is -0.119. The van der Waals surface area contributed by atoms with Crippen molar-refractivity contribution in [3.8, 4) is 0 Å². The molecular formula is C10H12ClNO. The van der Waals surface area contributed by atoms with Crippen LogP contribution in [0.15, 0.2) is 18.2 Å². The van der Waals surface area contributed by atoms with Crippen LogP contribution in [0.2, 0.25) is 5.02 Å². The largest absolute Gasteiger partial charge is 0.352 e. The van der Waals surface area contributed by atoms with Gasteiger partial charge in [-0.25, -0.2) is 0 Å². The van der Waals surface area contributed by atoms with Crippen LogP contribution in [0.3, 0.4) is 0 Å². The number of halogens is 1. The van der Waals surface area contributed by atoms with Crippen LogP contribution in [0.1, 0.15) is 18.1 Å². The first-order valence-corrected chi connectivity index (χ1v) is 4.47. The zero-order valence-electron chi connectivity index (χ0n) is 7.73. The molecule has 0 aliphatic heterocycles. The van der Waals surface area contributed by atoms with E-state index in [0.29, 0.717) is 6.54 Å². The van der Waals surface area contributed by atoms with E-state index in [1.807, 2.05) is 25.1 Å². The smallest absolute Gasteiger partial charge is 0.217 e. The number of benzene rings is 1. The first-order chi connectivity index (χ1) is 6.09. The Morgan fingerprint density at radius 1 is 1.54 bits per heavy atom. The van der Waals surface area contributed by atoms with Crippen LogP contribution in [0, 0.1) is 6.92 Å². The number of hydrogen-bond acceptors (Lipinski definition) is 1. The van der Waals surface area contributed by atoms with Crippen LogP contribution < -0.4 is 5.32 Å². The standard InChI is InChI=1S/C10H12ClNO/c1-7-3-4-9(5-10(7)11)6-12-8(2)13/h3-5H,6H2,1-2H3,(H,12,13). The molecule has 0 fully saturated rings. The summed E-state index contributed by atoms with van der Waals surface area (Å²) in [6, 6.07) is 5.77. The third kappa shape index (κ3) is 3.07. The number of amides is 1. The van der Waals surface area contributed by atoms with Crippen molar-refractivity contribution in [3.05, 3.63) is 34.3 Å². The molecule has 0 aliphatic carbocycles. The van der Waals surface area contributed by atoms with Gasteiger partial charge >= 0.3 is 0 Å². The minimum absolute atomic E-state index is 0.0308. The highest BCUT2D eigenvalue weighted by atomic mass is 35.5. The second-order valence-corrected chi connectivity index (χ2v) is 3.40. The average Bonchev–Trinajstić information content (AvgIpc) is 2.07. The molecule has 0 saturated carbocycles. The van der Waals surface area contributed by atoms with Gasteiger partial charge in [0.15, 0.2) is 0 Å². The van der Waals surface area contributed by atoms with Crippen LogP contribution in [0.5, 0.6) is 0 Å². The van der Waals surface area contributed by atoms with Crippen LogP contribution in [-0.2, 0) is 11.3 Å². The van der Waals surface area contributed by atoms with Crippen molar-refractivity contribution in [1.82, 2.24) is 5.32 Å². The summed E-state index contributed by atoms with van der Waals surface area (Å²) < 4.78 is 0. The van der Waals surface area contributed by atoms with E-state index < -0.39 is 0 Å². The van der Waals surface area contributed by atoms with E-state index in [1.165, 1.54) is 6.92 Å². The minimum Gasteiger partial charge on any atom is -0.352 e. The summed E-state index contributed by atoms with van der Waals surface area (Å²) in [7, 11) is 0. The minimum atomic E-state index is -0.0308. The molecule has 3 heteroatoms. The van der Waals surface area contributed by atoms with Gasteiger partial charge in [0, 0.05) is 18.5 Å². The highest BCUT2D eigenvalue weighted by Crippen LogP contribution is 2.16. The van der Waals surface area contributed by atoms with E-state index in [9.17, 15) is 4.79 Å². The average molecular weight is 198 g/mol. The number of hydrogen-bond donors (Lipinski definition) is 1. The summed E-state index contributed by atoms with van der Waals surface area (Å²) in [5, 5.41) is 3.45. The number of rotatable bonds is 2. The molecule has 70 valence electrons. The number of nitrogens with one attached hydrogen (secondary N) is 1. The lowest BCUT2D eigenvalue weighted by atomic mass is 10.1. The van der Waals surface area contributed by atoms with Crippen LogP contribution in [0.25, 0.3) is 0 Å². The maximum atomic E-state index is 10.6. The van der Waals surface area contributed by atoms with Gasteiger partial charge in [0.05, 0.1) is 0 Å². The predicted molar refractivity (Wildman–Crippen MR) is 53.7 cm³/mol. The first-order valence-electron chi connectivity index (χ1n) is 4.09. The van der Waals surface area contributed by atoms with Gasteiger partial charge in [-0.2, -0.15) is 0 Å². The van der Waals surface area contributed by atoms with Crippen LogP contribution >= 0.6 is 11.6 Å². The van der Waals surface area contributed by atoms with Crippen LogP contribution in [-0.4, -0.2) is 5.91 Å². The van der Waals surface area contributed by atoms with Crippen molar-refractivity contribution in [1.29, 1.82) is 0 Å². The normalized spacial score (nSPS) is 9.77. The number of carbonyl (C=O) groups is 1. The third-order valence-corrected chi connectivity index (χ3v) is 2.18. The lowest BCUT2D eigenvalue weighted by Gasteiger charge is -2.04. The van der Waals surface area contributed by atoms with Gasteiger partial charge in [-0.3, -0.25) is 4.79 Å². The molecule has 0 spiro atoms. The lowest BCUT2D eigenvalue weighted by Crippen LogP contribution is -2.18. The second-order valence-electron chi connectivity index (χ2n) is 2.99. The van der Waals surface area contributed by atoms with Crippen molar-refractivity contribution in [2.24, 2.45) is 0 Å². The molecule has 1 aromatic carbocycles. The van der Waals surface area contributed by atoms with Crippen molar-refractivity contribution in [2.75, 3.05) is 0 Å². The highest BCUT2D eigenvalue weighted by Gasteiger charge is 1.98. The third-order valence-electron chi connectivity index (χ3n) is 1.78. The maximum absolute atomic E-state index is 10.6. The van der Waals surface area contributed by atoms with Crippen LogP contribution in [0.4, 0.5) is 0 Å². The molecule has 1 amide bonds. The molecule has 1 aromatic rings. The van der Waals surface area contributed by atoms with Gasteiger partial charge in [-0.1, -0.05) is 23.7 Å². The molecule has 0 saturated heterocycles. The van der Waals surface area contributed by atoms with Crippen molar-refractivity contribution < 1.29 is 4.79 Å². The molecule has 13 heavy (non-hydrogen) atoms. The molecule has 1 N–H and O–H groups in total. The quantitative estimate of drug-likeness (QED) is 0.775. The number of carbonyl (C=O) groups excluding carboxylic acids is 1. The van der Waals surface area contributed by atoms with Crippen molar-refractivity contribution in [3.63, 3.8) is 0 Å². The van der Waals surface area contributed by atoms with Gasteiger partial charge in [-0.15, -0.1) is 0 Å². The maximum Gasteiger partial charge on any atom is 0.217 e. The zero-order valence-corrected chi connectivity index (χ0v) is 8.48. The monoisotopic (exact) mass is 197 g/mol. The van der Waals surface area contributed by atoms with Gasteiger partial charge in [0.1, 0.15) is 0 Å². The van der Waals surface area contributed by atoms with Gasteiger partial charge in [0.2, 0.25) is 5.91 Å². The fraction of sp³-hybridized carbons (Fsp3) is 0.300. The van der Waals surface area contributed by atoms with Gasteiger partial charge in [-0.05, 0) is 24.1 Å². The SMILES string of the molecule is CC(=O)NCc1ccc(C)c(Cl)c1. The Bertz CT molecular complexity index is 323. The summed E-state index contributed by atoms with van der Waals surface area (Å²) in [5.74, 6) is -0.0308. The predicted octanol–water partition coefficient (Wildman–Crippen LogP) is 2.28. The molecule has 0 atom stereocenters. The molecular weight excluding hydrogens is 186 g/mol. The van der Waals surface area contributed by atoms with E-state index >= 15 is 0 Å².